The molecule has 1 N–H and O–H groups in total. The molecule has 8 heteroatoms. The van der Waals surface area contributed by atoms with E-state index in [0.29, 0.717) is 22.8 Å². The van der Waals surface area contributed by atoms with Crippen LogP contribution in [0.3, 0.4) is 0 Å². The maximum Gasteiger partial charge on any atom is 0.586 e. The van der Waals surface area contributed by atoms with E-state index in [4.69, 9.17) is 14.2 Å². The van der Waals surface area contributed by atoms with Crippen molar-refractivity contribution < 1.29 is 37.6 Å². The third-order valence-electron chi connectivity index (χ3n) is 3.58. The molecule has 2 aromatic carbocycles. The smallest absolute Gasteiger partial charge is 0.493 e. The summed E-state index contributed by atoms with van der Waals surface area (Å²) in [4.78, 5) is 0. The summed E-state index contributed by atoms with van der Waals surface area (Å²) in [6, 6.07) is 9.15. The van der Waals surface area contributed by atoms with E-state index in [0.717, 1.165) is 0 Å². The molecule has 1 heterocycles. The summed E-state index contributed by atoms with van der Waals surface area (Å²) in [7, 11) is 2.96. The number of rotatable bonds is 6. The van der Waals surface area contributed by atoms with Crippen molar-refractivity contribution in [3.8, 4) is 28.7 Å². The van der Waals surface area contributed by atoms with Crippen LogP contribution in [-0.4, -0.2) is 32.2 Å². The quantitative estimate of drug-likeness (QED) is 0.860. The largest absolute Gasteiger partial charge is 0.586 e. The highest BCUT2D eigenvalue weighted by atomic mass is 19.3. The van der Waals surface area contributed by atoms with Gasteiger partial charge in [-0.05, 0) is 29.8 Å². The highest BCUT2D eigenvalue weighted by Gasteiger charge is 2.43. The molecule has 0 aliphatic carbocycles. The van der Waals surface area contributed by atoms with Gasteiger partial charge in [-0.25, -0.2) is 0 Å². The van der Waals surface area contributed by atoms with Gasteiger partial charge < -0.3 is 28.8 Å². The summed E-state index contributed by atoms with van der Waals surface area (Å²) >= 11 is 0. The van der Waals surface area contributed by atoms with E-state index in [1.165, 1.54) is 32.4 Å². The molecule has 0 radical (unpaired) electrons. The Hall–Kier alpha value is -2.74. The van der Waals surface area contributed by atoms with Gasteiger partial charge in [0.2, 0.25) is 5.75 Å². The second kappa shape index (κ2) is 6.64. The fourth-order valence-corrected chi connectivity index (χ4v) is 2.39. The number of methoxy groups -OCH3 is 2. The lowest BCUT2D eigenvalue weighted by Gasteiger charge is -2.17. The number of halogens is 2. The predicted molar refractivity (Wildman–Crippen MR) is 82.6 cm³/mol. The first-order valence-electron chi connectivity index (χ1n) is 7.35. The first-order chi connectivity index (χ1) is 11.9. The summed E-state index contributed by atoms with van der Waals surface area (Å²) in [5, 5.41) is 10.3. The molecule has 0 saturated heterocycles. The fraction of sp³-hybridized carbons (Fsp3) is 0.294. The number of benzene rings is 2. The number of ether oxygens (including phenoxy) is 5. The van der Waals surface area contributed by atoms with Gasteiger partial charge in [-0.3, -0.25) is 0 Å². The average molecular weight is 354 g/mol. The van der Waals surface area contributed by atoms with Crippen LogP contribution in [0.25, 0.3) is 0 Å². The zero-order chi connectivity index (χ0) is 18.0. The predicted octanol–water partition coefficient (Wildman–Crippen LogP) is 3.14. The third kappa shape index (κ3) is 3.53. The molecule has 1 aliphatic rings. The second-order valence-corrected chi connectivity index (χ2v) is 5.19. The molecule has 0 amide bonds. The van der Waals surface area contributed by atoms with Crippen LogP contribution < -0.4 is 23.7 Å². The Morgan fingerprint density at radius 2 is 1.68 bits per heavy atom. The van der Waals surface area contributed by atoms with Crippen molar-refractivity contribution in [2.75, 3.05) is 20.8 Å². The summed E-state index contributed by atoms with van der Waals surface area (Å²) in [6.45, 7) is -0.146. The zero-order valence-electron chi connectivity index (χ0n) is 13.5. The number of hydrogen-bond acceptors (Lipinski definition) is 6. The monoisotopic (exact) mass is 354 g/mol. The van der Waals surface area contributed by atoms with E-state index < -0.39 is 12.4 Å². The first-order valence-corrected chi connectivity index (χ1v) is 7.35. The first kappa shape index (κ1) is 17.1. The molecular weight excluding hydrogens is 338 g/mol. The van der Waals surface area contributed by atoms with Crippen LogP contribution in [0.15, 0.2) is 36.4 Å². The van der Waals surface area contributed by atoms with Gasteiger partial charge in [0.25, 0.3) is 0 Å². The molecule has 1 aliphatic heterocycles. The van der Waals surface area contributed by atoms with E-state index in [1.54, 1.807) is 18.2 Å². The zero-order valence-corrected chi connectivity index (χ0v) is 13.5. The van der Waals surface area contributed by atoms with Crippen LogP contribution in [0.1, 0.15) is 11.7 Å². The number of aliphatic hydroxyl groups excluding tert-OH is 1. The minimum absolute atomic E-state index is 0.0896. The summed E-state index contributed by atoms with van der Waals surface area (Å²) in [5.41, 5.74) is 0.342. The Balaban J connectivity index is 1.73. The minimum atomic E-state index is -3.70. The summed E-state index contributed by atoms with van der Waals surface area (Å²) in [6.07, 6.45) is -4.79. The number of hydrogen-bond donors (Lipinski definition) is 1. The van der Waals surface area contributed by atoms with Crippen molar-refractivity contribution in [1.82, 2.24) is 0 Å². The number of para-hydroxylation sites is 1. The maximum atomic E-state index is 13.0. The molecule has 3 rings (SSSR count). The summed E-state index contributed by atoms with van der Waals surface area (Å²) < 4.78 is 50.8. The van der Waals surface area contributed by atoms with Gasteiger partial charge in [-0.1, -0.05) is 12.1 Å². The molecule has 1 unspecified atom stereocenters. The molecular formula is C17H16F2O6. The van der Waals surface area contributed by atoms with Gasteiger partial charge in [0.15, 0.2) is 23.0 Å². The fourth-order valence-electron chi connectivity index (χ4n) is 2.39. The SMILES string of the molecule is COc1cccc(OC)c1OCC(O)c1ccc2c(c1)OC(F)(F)O2. The second-order valence-electron chi connectivity index (χ2n) is 5.19. The van der Waals surface area contributed by atoms with E-state index in [-0.39, 0.29) is 18.1 Å². The van der Waals surface area contributed by atoms with Gasteiger partial charge >= 0.3 is 6.29 Å². The van der Waals surface area contributed by atoms with Crippen molar-refractivity contribution >= 4 is 0 Å². The van der Waals surface area contributed by atoms with Crippen LogP contribution in [0, 0.1) is 0 Å². The minimum Gasteiger partial charge on any atom is -0.493 e. The van der Waals surface area contributed by atoms with Gasteiger partial charge in [-0.15, -0.1) is 8.78 Å². The van der Waals surface area contributed by atoms with Crippen molar-refractivity contribution in [1.29, 1.82) is 0 Å². The van der Waals surface area contributed by atoms with Crippen molar-refractivity contribution in [3.63, 3.8) is 0 Å². The van der Waals surface area contributed by atoms with Crippen molar-refractivity contribution in [3.05, 3.63) is 42.0 Å². The lowest BCUT2D eigenvalue weighted by atomic mass is 10.1. The number of aliphatic hydroxyl groups is 1. The molecule has 0 bridgehead atoms. The topological polar surface area (TPSA) is 66.4 Å². The van der Waals surface area contributed by atoms with Crippen LogP contribution >= 0.6 is 0 Å². The number of alkyl halides is 2. The Labute approximate surface area is 142 Å². The van der Waals surface area contributed by atoms with Crippen LogP contribution in [0.2, 0.25) is 0 Å². The van der Waals surface area contributed by atoms with Gasteiger partial charge in [0.1, 0.15) is 12.7 Å². The van der Waals surface area contributed by atoms with Crippen molar-refractivity contribution in [2.24, 2.45) is 0 Å². The highest BCUT2D eigenvalue weighted by molar-refractivity contribution is 5.51. The molecule has 134 valence electrons. The van der Waals surface area contributed by atoms with Crippen LogP contribution in [0.4, 0.5) is 8.78 Å². The number of fused-ring (bicyclic) bond motifs is 1. The van der Waals surface area contributed by atoms with Crippen molar-refractivity contribution in [2.45, 2.75) is 12.4 Å². The molecule has 0 aromatic heterocycles. The molecule has 6 nitrogen and oxygen atoms in total. The van der Waals surface area contributed by atoms with E-state index in [2.05, 4.69) is 9.47 Å². The van der Waals surface area contributed by atoms with E-state index in [9.17, 15) is 13.9 Å². The normalized spacial score (nSPS) is 15.6. The molecule has 1 atom stereocenters. The van der Waals surface area contributed by atoms with E-state index in [1.807, 2.05) is 0 Å². The average Bonchev–Trinajstić information content (AvgIpc) is 2.91. The lowest BCUT2D eigenvalue weighted by Crippen LogP contribution is -2.25. The van der Waals surface area contributed by atoms with Gasteiger partial charge in [-0.2, -0.15) is 0 Å². The van der Waals surface area contributed by atoms with Gasteiger partial charge in [0, 0.05) is 0 Å². The van der Waals surface area contributed by atoms with Gasteiger partial charge in [0.05, 0.1) is 14.2 Å². The standard InChI is InChI=1S/C17H16F2O6/c1-21-13-4-3-5-14(22-2)16(13)23-9-11(20)10-6-7-12-15(8-10)25-17(18,19)24-12/h3-8,11,20H,9H2,1-2H3. The molecule has 25 heavy (non-hydrogen) atoms. The Morgan fingerprint density at radius 3 is 2.32 bits per heavy atom. The third-order valence-corrected chi connectivity index (χ3v) is 3.58. The molecule has 0 spiro atoms. The lowest BCUT2D eigenvalue weighted by molar-refractivity contribution is -0.286. The Morgan fingerprint density at radius 1 is 1.04 bits per heavy atom. The summed E-state index contributed by atoms with van der Waals surface area (Å²) in [5.74, 6) is 0.984. The Bertz CT molecular complexity index is 743. The molecule has 0 saturated carbocycles. The van der Waals surface area contributed by atoms with E-state index >= 15 is 0 Å². The molecule has 0 fully saturated rings. The molecule has 2 aromatic rings. The van der Waals surface area contributed by atoms with Crippen LogP contribution in [0.5, 0.6) is 28.7 Å². The highest BCUT2D eigenvalue weighted by Crippen LogP contribution is 2.42. The van der Waals surface area contributed by atoms with Crippen LogP contribution in [-0.2, 0) is 0 Å². The Kier molecular flexibility index (Phi) is 4.54. The maximum absolute atomic E-state index is 13.0.